The second kappa shape index (κ2) is 4.07. The topological polar surface area (TPSA) is 35.2 Å². The Morgan fingerprint density at radius 1 is 1.36 bits per heavy atom. The first kappa shape index (κ1) is 9.62. The van der Waals surface area contributed by atoms with Gasteiger partial charge in [0.2, 0.25) is 0 Å². The van der Waals surface area contributed by atoms with Crippen LogP contribution in [0.25, 0.3) is 0 Å². The Morgan fingerprint density at radius 2 is 2.00 bits per heavy atom. The van der Waals surface area contributed by atoms with E-state index in [1.54, 1.807) is 0 Å². The van der Waals surface area contributed by atoms with Crippen LogP contribution in [0.5, 0.6) is 0 Å². The first-order valence-electron chi connectivity index (χ1n) is 4.84. The minimum Gasteiger partial charge on any atom is -0.381 e. The van der Waals surface area contributed by atoms with Crippen LogP contribution in [0, 0.1) is 11.7 Å². The van der Waals surface area contributed by atoms with Crippen LogP contribution in [0.4, 0.5) is 4.39 Å². The fourth-order valence-electron chi connectivity index (χ4n) is 1.80. The molecule has 0 radical (unpaired) electrons. The van der Waals surface area contributed by atoms with E-state index < -0.39 is 0 Å². The molecule has 0 aliphatic carbocycles. The molecule has 2 N–H and O–H groups in total. The van der Waals surface area contributed by atoms with Crippen LogP contribution in [0.1, 0.15) is 11.5 Å². The second-order valence-electron chi connectivity index (χ2n) is 3.69. The predicted octanol–water partition coefficient (Wildman–Crippen LogP) is 1.51. The normalized spacial score (nSPS) is 19.0. The predicted molar refractivity (Wildman–Crippen MR) is 52.5 cm³/mol. The fourth-order valence-corrected chi connectivity index (χ4v) is 1.80. The van der Waals surface area contributed by atoms with E-state index in [9.17, 15) is 4.39 Å². The van der Waals surface area contributed by atoms with Crippen molar-refractivity contribution in [2.24, 2.45) is 11.7 Å². The van der Waals surface area contributed by atoms with E-state index in [0.29, 0.717) is 18.4 Å². The third-order valence-corrected chi connectivity index (χ3v) is 2.78. The lowest BCUT2D eigenvalue weighted by Gasteiger charge is -2.33. The van der Waals surface area contributed by atoms with Gasteiger partial charge in [-0.2, -0.15) is 0 Å². The minimum absolute atomic E-state index is 0.200. The van der Waals surface area contributed by atoms with Gasteiger partial charge in [0.25, 0.3) is 0 Å². The summed E-state index contributed by atoms with van der Waals surface area (Å²) in [6, 6.07) is 6.59. The van der Waals surface area contributed by atoms with Gasteiger partial charge in [-0.3, -0.25) is 0 Å². The van der Waals surface area contributed by atoms with Crippen molar-refractivity contribution in [1.29, 1.82) is 0 Å². The van der Waals surface area contributed by atoms with Crippen molar-refractivity contribution >= 4 is 0 Å². The number of rotatable bonds is 3. The molecule has 1 aromatic rings. The lowest BCUT2D eigenvalue weighted by atomic mass is 9.85. The summed E-state index contributed by atoms with van der Waals surface area (Å²) in [7, 11) is 0. The average molecular weight is 195 g/mol. The van der Waals surface area contributed by atoms with Crippen molar-refractivity contribution < 1.29 is 9.13 Å². The molecule has 1 aliphatic rings. The van der Waals surface area contributed by atoms with Gasteiger partial charge in [0.15, 0.2) is 0 Å². The Kier molecular flexibility index (Phi) is 2.79. The zero-order chi connectivity index (χ0) is 9.97. The average Bonchev–Trinajstić information content (AvgIpc) is 2.13. The Hall–Kier alpha value is -0.930. The molecule has 1 atom stereocenters. The summed E-state index contributed by atoms with van der Waals surface area (Å²) in [5.74, 6) is 0.615. The number of benzene rings is 1. The molecule has 0 spiro atoms. The Morgan fingerprint density at radius 3 is 2.43 bits per heavy atom. The van der Waals surface area contributed by atoms with Crippen LogP contribution < -0.4 is 5.73 Å². The number of halogens is 1. The molecule has 2 nitrogen and oxygen atoms in total. The van der Waals surface area contributed by atoms with Gasteiger partial charge < -0.3 is 10.5 Å². The van der Waals surface area contributed by atoms with Gasteiger partial charge in [-0.1, -0.05) is 12.1 Å². The third kappa shape index (κ3) is 1.79. The Bertz CT molecular complexity index is 295. The van der Waals surface area contributed by atoms with Gasteiger partial charge in [-0.15, -0.1) is 0 Å². The van der Waals surface area contributed by atoms with E-state index in [1.165, 1.54) is 12.1 Å². The molecule has 0 saturated carbocycles. The zero-order valence-corrected chi connectivity index (χ0v) is 7.95. The fraction of sp³-hybridized carbons (Fsp3) is 0.455. The molecule has 76 valence electrons. The molecule has 2 rings (SSSR count). The second-order valence-corrected chi connectivity index (χ2v) is 3.69. The summed E-state index contributed by atoms with van der Waals surface area (Å²) >= 11 is 0. The van der Waals surface area contributed by atoms with E-state index in [4.69, 9.17) is 10.5 Å². The van der Waals surface area contributed by atoms with Crippen molar-refractivity contribution in [3.8, 4) is 0 Å². The third-order valence-electron chi connectivity index (χ3n) is 2.78. The maximum Gasteiger partial charge on any atom is 0.123 e. The van der Waals surface area contributed by atoms with Crippen molar-refractivity contribution in [3.05, 3.63) is 35.6 Å². The molecule has 1 unspecified atom stereocenters. The molecular weight excluding hydrogens is 181 g/mol. The molecular formula is C11H14FNO. The SMILES string of the molecule is NCC(c1ccc(F)cc1)C1COC1. The summed E-state index contributed by atoms with van der Waals surface area (Å²) in [6.45, 7) is 2.15. The van der Waals surface area contributed by atoms with Gasteiger partial charge in [0.1, 0.15) is 5.82 Å². The number of hydrogen-bond acceptors (Lipinski definition) is 2. The van der Waals surface area contributed by atoms with Crippen LogP contribution in [-0.2, 0) is 4.74 Å². The Labute approximate surface area is 82.9 Å². The van der Waals surface area contributed by atoms with Crippen LogP contribution in [0.3, 0.4) is 0 Å². The van der Waals surface area contributed by atoms with Gasteiger partial charge in [0, 0.05) is 11.8 Å². The lowest BCUT2D eigenvalue weighted by molar-refractivity contribution is -0.0437. The molecule has 0 aromatic heterocycles. The number of ether oxygens (including phenoxy) is 1. The smallest absolute Gasteiger partial charge is 0.123 e. The lowest BCUT2D eigenvalue weighted by Crippen LogP contribution is -2.36. The van der Waals surface area contributed by atoms with Crippen LogP contribution in [-0.4, -0.2) is 19.8 Å². The summed E-state index contributed by atoms with van der Waals surface area (Å²) < 4.78 is 17.8. The summed E-state index contributed by atoms with van der Waals surface area (Å²) in [6.07, 6.45) is 0. The molecule has 0 bridgehead atoms. The standard InChI is InChI=1S/C11H14FNO/c12-10-3-1-8(2-4-10)11(5-13)9-6-14-7-9/h1-4,9,11H,5-7,13H2. The first-order chi connectivity index (χ1) is 6.81. The van der Waals surface area contributed by atoms with Crippen molar-refractivity contribution in [2.45, 2.75) is 5.92 Å². The molecule has 1 aromatic carbocycles. The van der Waals surface area contributed by atoms with Crippen molar-refractivity contribution in [1.82, 2.24) is 0 Å². The minimum atomic E-state index is -0.200. The van der Waals surface area contributed by atoms with Gasteiger partial charge >= 0.3 is 0 Å². The molecule has 1 aliphatic heterocycles. The van der Waals surface area contributed by atoms with Crippen LogP contribution >= 0.6 is 0 Å². The van der Waals surface area contributed by atoms with E-state index >= 15 is 0 Å². The van der Waals surface area contributed by atoms with Crippen LogP contribution in [0.15, 0.2) is 24.3 Å². The molecule has 1 saturated heterocycles. The highest BCUT2D eigenvalue weighted by molar-refractivity contribution is 5.22. The zero-order valence-electron chi connectivity index (χ0n) is 7.95. The molecule has 3 heteroatoms. The summed E-state index contributed by atoms with van der Waals surface area (Å²) in [4.78, 5) is 0. The van der Waals surface area contributed by atoms with Crippen LogP contribution in [0.2, 0.25) is 0 Å². The van der Waals surface area contributed by atoms with E-state index in [0.717, 1.165) is 18.8 Å². The van der Waals surface area contributed by atoms with E-state index in [2.05, 4.69) is 0 Å². The quantitative estimate of drug-likeness (QED) is 0.793. The van der Waals surface area contributed by atoms with Gasteiger partial charge in [-0.05, 0) is 24.2 Å². The number of hydrogen-bond donors (Lipinski definition) is 1. The van der Waals surface area contributed by atoms with Gasteiger partial charge in [-0.25, -0.2) is 4.39 Å². The number of nitrogens with two attached hydrogens (primary N) is 1. The molecule has 1 fully saturated rings. The van der Waals surface area contributed by atoms with Crippen molar-refractivity contribution in [2.75, 3.05) is 19.8 Å². The summed E-state index contributed by atoms with van der Waals surface area (Å²) in [5, 5.41) is 0. The maximum absolute atomic E-state index is 12.7. The highest BCUT2D eigenvalue weighted by atomic mass is 19.1. The first-order valence-corrected chi connectivity index (χ1v) is 4.84. The Balaban J connectivity index is 2.14. The maximum atomic E-state index is 12.7. The highest BCUT2D eigenvalue weighted by Gasteiger charge is 2.28. The molecule has 0 amide bonds. The molecule has 1 heterocycles. The largest absolute Gasteiger partial charge is 0.381 e. The monoisotopic (exact) mass is 195 g/mol. The highest BCUT2D eigenvalue weighted by Crippen LogP contribution is 2.29. The summed E-state index contributed by atoms with van der Waals surface area (Å²) in [5.41, 5.74) is 6.82. The van der Waals surface area contributed by atoms with Crippen molar-refractivity contribution in [3.63, 3.8) is 0 Å². The van der Waals surface area contributed by atoms with E-state index in [-0.39, 0.29) is 5.82 Å². The van der Waals surface area contributed by atoms with E-state index in [1.807, 2.05) is 12.1 Å². The molecule has 14 heavy (non-hydrogen) atoms. The van der Waals surface area contributed by atoms with Gasteiger partial charge in [0.05, 0.1) is 13.2 Å².